The smallest absolute Gasteiger partial charge is 0.255 e. The van der Waals surface area contributed by atoms with Gasteiger partial charge in [0.2, 0.25) is 10.0 Å². The van der Waals surface area contributed by atoms with Gasteiger partial charge in [0.25, 0.3) is 5.91 Å². The average Bonchev–Trinajstić information content (AvgIpc) is 2.70. The zero-order chi connectivity index (χ0) is 20.1. The van der Waals surface area contributed by atoms with Crippen molar-refractivity contribution in [3.8, 4) is 5.75 Å². The number of amides is 1. The van der Waals surface area contributed by atoms with Crippen LogP contribution >= 0.6 is 0 Å². The Bertz CT molecular complexity index is 920. The molecule has 0 saturated carbocycles. The molecule has 150 valence electrons. The van der Waals surface area contributed by atoms with E-state index in [0.717, 1.165) is 0 Å². The van der Waals surface area contributed by atoms with Crippen LogP contribution in [0.15, 0.2) is 53.4 Å². The van der Waals surface area contributed by atoms with E-state index in [1.807, 2.05) is 13.8 Å². The fourth-order valence-corrected chi connectivity index (χ4v) is 4.28. The largest absolute Gasteiger partial charge is 0.491 e. The van der Waals surface area contributed by atoms with E-state index in [0.29, 0.717) is 37.7 Å². The van der Waals surface area contributed by atoms with Crippen molar-refractivity contribution >= 4 is 21.6 Å². The van der Waals surface area contributed by atoms with Crippen LogP contribution in [0.25, 0.3) is 0 Å². The molecule has 0 aliphatic carbocycles. The maximum atomic E-state index is 12.8. The normalized spacial score (nSPS) is 15.4. The van der Waals surface area contributed by atoms with Crippen molar-refractivity contribution in [3.05, 3.63) is 54.1 Å². The molecule has 0 aromatic heterocycles. The van der Waals surface area contributed by atoms with Crippen LogP contribution in [0, 0.1) is 0 Å². The zero-order valence-electron chi connectivity index (χ0n) is 15.9. The minimum atomic E-state index is -3.65. The number of hydrogen-bond acceptors (Lipinski definition) is 5. The number of carbonyl (C=O) groups excluding carboxylic acids is 1. The molecule has 1 heterocycles. The van der Waals surface area contributed by atoms with Crippen LogP contribution in [-0.4, -0.2) is 51.0 Å². The van der Waals surface area contributed by atoms with Gasteiger partial charge in [0.05, 0.1) is 24.2 Å². The molecular formula is C20H24N2O5S. The third-order valence-electron chi connectivity index (χ3n) is 4.19. The highest BCUT2D eigenvalue weighted by molar-refractivity contribution is 7.89. The third-order valence-corrected chi connectivity index (χ3v) is 6.08. The van der Waals surface area contributed by atoms with Crippen LogP contribution in [0.1, 0.15) is 24.2 Å². The van der Waals surface area contributed by atoms with Crippen molar-refractivity contribution in [3.63, 3.8) is 0 Å². The van der Waals surface area contributed by atoms with Crippen molar-refractivity contribution in [2.24, 2.45) is 0 Å². The van der Waals surface area contributed by atoms with Gasteiger partial charge in [0.1, 0.15) is 5.75 Å². The van der Waals surface area contributed by atoms with Gasteiger partial charge in [-0.1, -0.05) is 6.07 Å². The predicted molar refractivity (Wildman–Crippen MR) is 106 cm³/mol. The van der Waals surface area contributed by atoms with Gasteiger partial charge < -0.3 is 14.8 Å². The number of hydrogen-bond donors (Lipinski definition) is 1. The van der Waals surface area contributed by atoms with Crippen molar-refractivity contribution in [2.75, 3.05) is 31.6 Å². The highest BCUT2D eigenvalue weighted by Gasteiger charge is 2.26. The topological polar surface area (TPSA) is 84.9 Å². The Morgan fingerprint density at radius 2 is 1.79 bits per heavy atom. The highest BCUT2D eigenvalue weighted by atomic mass is 32.2. The number of nitrogens with one attached hydrogen (secondary N) is 1. The van der Waals surface area contributed by atoms with Crippen LogP contribution in [0.4, 0.5) is 5.69 Å². The second-order valence-electron chi connectivity index (χ2n) is 6.69. The fourth-order valence-electron chi connectivity index (χ4n) is 2.83. The minimum absolute atomic E-state index is 0.0663. The first-order valence-corrected chi connectivity index (χ1v) is 10.6. The summed E-state index contributed by atoms with van der Waals surface area (Å²) in [5.41, 5.74) is 0.874. The minimum Gasteiger partial charge on any atom is -0.491 e. The Morgan fingerprint density at radius 1 is 1.11 bits per heavy atom. The van der Waals surface area contributed by atoms with Crippen LogP contribution in [0.5, 0.6) is 5.75 Å². The van der Waals surface area contributed by atoms with Crippen LogP contribution < -0.4 is 10.1 Å². The molecule has 2 aromatic rings. The molecule has 1 aliphatic rings. The SMILES string of the molecule is CC(C)Oc1ccc(NC(=O)c2cccc(S(=O)(=O)N3CCOCC3)c2)cc1. The lowest BCUT2D eigenvalue weighted by atomic mass is 10.2. The monoisotopic (exact) mass is 404 g/mol. The summed E-state index contributed by atoms with van der Waals surface area (Å²) in [5, 5.41) is 2.77. The number of anilines is 1. The lowest BCUT2D eigenvalue weighted by Gasteiger charge is -2.26. The van der Waals surface area contributed by atoms with Gasteiger partial charge in [-0.25, -0.2) is 8.42 Å². The van der Waals surface area contributed by atoms with Crippen molar-refractivity contribution in [1.82, 2.24) is 4.31 Å². The molecule has 0 bridgehead atoms. The van der Waals surface area contributed by atoms with E-state index in [-0.39, 0.29) is 22.5 Å². The summed E-state index contributed by atoms with van der Waals surface area (Å²) in [4.78, 5) is 12.7. The molecule has 8 heteroatoms. The lowest BCUT2D eigenvalue weighted by molar-refractivity contribution is 0.0730. The van der Waals surface area contributed by atoms with Crippen molar-refractivity contribution < 1.29 is 22.7 Å². The number of morpholine rings is 1. The maximum absolute atomic E-state index is 12.8. The zero-order valence-corrected chi connectivity index (χ0v) is 16.7. The van der Waals surface area contributed by atoms with Crippen LogP contribution in [0.3, 0.4) is 0 Å². The molecular weight excluding hydrogens is 380 g/mol. The second kappa shape index (κ2) is 8.72. The van der Waals surface area contributed by atoms with E-state index in [1.54, 1.807) is 36.4 Å². The Labute approximate surface area is 165 Å². The maximum Gasteiger partial charge on any atom is 0.255 e. The summed E-state index contributed by atoms with van der Waals surface area (Å²) < 4.78 is 37.7. The summed E-state index contributed by atoms with van der Waals surface area (Å²) in [5.74, 6) is 0.336. The Morgan fingerprint density at radius 3 is 2.43 bits per heavy atom. The molecule has 1 aliphatic heterocycles. The third kappa shape index (κ3) is 4.89. The number of nitrogens with zero attached hydrogens (tertiary/aromatic N) is 1. The van der Waals surface area contributed by atoms with Gasteiger partial charge in [-0.2, -0.15) is 4.31 Å². The van der Waals surface area contributed by atoms with Gasteiger partial charge in [-0.05, 0) is 56.3 Å². The molecule has 1 amide bonds. The first kappa shape index (κ1) is 20.3. The van der Waals surface area contributed by atoms with E-state index in [4.69, 9.17) is 9.47 Å². The van der Waals surface area contributed by atoms with Crippen molar-refractivity contribution in [1.29, 1.82) is 0 Å². The summed E-state index contributed by atoms with van der Waals surface area (Å²) in [6, 6.07) is 13.1. The molecule has 1 saturated heterocycles. The van der Waals surface area contributed by atoms with E-state index >= 15 is 0 Å². The van der Waals surface area contributed by atoms with Gasteiger partial charge in [0, 0.05) is 24.3 Å². The number of carbonyl (C=O) groups is 1. The molecule has 1 fully saturated rings. The number of rotatable bonds is 6. The fraction of sp³-hybridized carbons (Fsp3) is 0.350. The highest BCUT2D eigenvalue weighted by Crippen LogP contribution is 2.20. The van der Waals surface area contributed by atoms with E-state index in [2.05, 4.69) is 5.32 Å². The number of benzene rings is 2. The first-order valence-electron chi connectivity index (χ1n) is 9.12. The predicted octanol–water partition coefficient (Wildman–Crippen LogP) is 2.75. The van der Waals surface area contributed by atoms with Crippen molar-refractivity contribution in [2.45, 2.75) is 24.8 Å². The van der Waals surface area contributed by atoms with Gasteiger partial charge in [-0.15, -0.1) is 0 Å². The van der Waals surface area contributed by atoms with Crippen LogP contribution in [-0.2, 0) is 14.8 Å². The van der Waals surface area contributed by atoms with E-state index in [9.17, 15) is 13.2 Å². The molecule has 0 radical (unpaired) electrons. The average molecular weight is 404 g/mol. The van der Waals surface area contributed by atoms with Gasteiger partial charge >= 0.3 is 0 Å². The first-order chi connectivity index (χ1) is 13.4. The van der Waals surface area contributed by atoms with Gasteiger partial charge in [-0.3, -0.25) is 4.79 Å². The van der Waals surface area contributed by atoms with Crippen LogP contribution in [0.2, 0.25) is 0 Å². The van der Waals surface area contributed by atoms with Gasteiger partial charge in [0.15, 0.2) is 0 Å². The summed E-state index contributed by atoms with van der Waals surface area (Å²) >= 11 is 0. The summed E-state index contributed by atoms with van der Waals surface area (Å²) in [6.45, 7) is 5.24. The molecule has 0 atom stereocenters. The lowest BCUT2D eigenvalue weighted by Crippen LogP contribution is -2.40. The molecule has 3 rings (SSSR count). The van der Waals surface area contributed by atoms with E-state index < -0.39 is 10.0 Å². The quantitative estimate of drug-likeness (QED) is 0.800. The molecule has 7 nitrogen and oxygen atoms in total. The molecule has 0 unspecified atom stereocenters. The molecule has 2 aromatic carbocycles. The molecule has 1 N–H and O–H groups in total. The Hall–Kier alpha value is -2.42. The summed E-state index contributed by atoms with van der Waals surface area (Å²) in [6.07, 6.45) is 0.0663. The Balaban J connectivity index is 1.73. The molecule has 28 heavy (non-hydrogen) atoms. The second-order valence-corrected chi connectivity index (χ2v) is 8.63. The number of ether oxygens (including phenoxy) is 2. The summed E-state index contributed by atoms with van der Waals surface area (Å²) in [7, 11) is -3.65. The number of sulfonamides is 1. The standard InChI is InChI=1S/C20H24N2O5S/c1-15(2)27-18-8-6-17(7-9-18)21-20(23)16-4-3-5-19(14-16)28(24,25)22-10-12-26-13-11-22/h3-9,14-15H,10-13H2,1-2H3,(H,21,23). The van der Waals surface area contributed by atoms with E-state index in [1.165, 1.54) is 16.4 Å². The Kier molecular flexibility index (Phi) is 6.33. The molecule has 0 spiro atoms.